The fraction of sp³-hybridized carbons (Fsp3) is 0.750. The second kappa shape index (κ2) is 28.3. The van der Waals surface area contributed by atoms with Crippen molar-refractivity contribution in [2.75, 3.05) is 26.3 Å². The molecule has 0 saturated carbocycles. The van der Waals surface area contributed by atoms with E-state index < -0.39 is 11.9 Å². The molecule has 0 heterocycles. The van der Waals surface area contributed by atoms with E-state index in [1.807, 2.05) is 12.2 Å². The number of esters is 2. The van der Waals surface area contributed by atoms with Crippen LogP contribution in [0.2, 0.25) is 0 Å². The van der Waals surface area contributed by atoms with E-state index in [4.69, 9.17) is 19.7 Å². The highest BCUT2D eigenvalue weighted by Gasteiger charge is 2.07. The molecule has 0 aromatic heterocycles. The second-order valence-electron chi connectivity index (χ2n) is 7.12. The molecule has 0 aromatic rings. The number of carbonyl (C=O) groups is 2. The highest BCUT2D eigenvalue weighted by Crippen LogP contribution is 2.05. The van der Waals surface area contributed by atoms with Gasteiger partial charge in [0, 0.05) is 13.1 Å². The van der Waals surface area contributed by atoms with Crippen molar-refractivity contribution in [2.24, 2.45) is 0 Å². The van der Waals surface area contributed by atoms with Gasteiger partial charge in [0.1, 0.15) is 0 Å². The third-order valence-electron chi connectivity index (χ3n) is 4.15. The quantitative estimate of drug-likeness (QED) is 0.154. The molecule has 0 radical (unpaired) electrons. The zero-order chi connectivity index (χ0) is 23.4. The minimum atomic E-state index is -0.402. The first kappa shape index (κ1) is 31.5. The minimum absolute atomic E-state index is 0.0450. The van der Waals surface area contributed by atoms with Crippen LogP contribution in [0.5, 0.6) is 0 Å². The van der Waals surface area contributed by atoms with Crippen LogP contribution in [-0.2, 0) is 19.1 Å². The summed E-state index contributed by atoms with van der Waals surface area (Å²) >= 11 is 0. The Bertz CT molecular complexity index is 411. The molecule has 0 aliphatic carbocycles. The summed E-state index contributed by atoms with van der Waals surface area (Å²) < 4.78 is 9.87. The number of rotatable bonds is 19. The lowest BCUT2D eigenvalue weighted by molar-refractivity contribution is -0.144. The lowest BCUT2D eigenvalue weighted by Crippen LogP contribution is -2.21. The van der Waals surface area contributed by atoms with E-state index in [0.29, 0.717) is 13.1 Å². The Labute approximate surface area is 188 Å². The van der Waals surface area contributed by atoms with Gasteiger partial charge in [-0.2, -0.15) is 0 Å². The molecule has 0 atom stereocenters. The van der Waals surface area contributed by atoms with Gasteiger partial charge in [-0.05, 0) is 37.8 Å². The summed E-state index contributed by atoms with van der Waals surface area (Å²) in [7, 11) is 0. The standard InChI is InChI=1S/C20H34O4.C4H11NO2/c1-3-5-7-9-11-13-17-23-19(21)15-16-20(22)24-18-14-12-10-8-6-4-2;6-3-1-5-2-4-7/h13-14,17-18H,3-12,15-16H2,1-2H3;5-7H,1-4H2. The minimum Gasteiger partial charge on any atom is -0.435 e. The molecule has 0 amide bonds. The number of allylic oxidation sites excluding steroid dienone is 2. The summed E-state index contributed by atoms with van der Waals surface area (Å²) in [5, 5.41) is 19.1. The molecule has 0 fully saturated rings. The van der Waals surface area contributed by atoms with Crippen molar-refractivity contribution in [3.63, 3.8) is 0 Å². The van der Waals surface area contributed by atoms with Gasteiger partial charge < -0.3 is 25.0 Å². The lowest BCUT2D eigenvalue weighted by Gasteiger charge is -2.00. The Hall–Kier alpha value is -1.70. The third-order valence-corrected chi connectivity index (χ3v) is 4.15. The van der Waals surface area contributed by atoms with Crippen molar-refractivity contribution in [2.45, 2.75) is 90.9 Å². The average molecular weight is 444 g/mol. The molecule has 0 bridgehead atoms. The van der Waals surface area contributed by atoms with Crippen LogP contribution >= 0.6 is 0 Å². The number of nitrogens with one attached hydrogen (secondary N) is 1. The number of hydrogen-bond donors (Lipinski definition) is 3. The van der Waals surface area contributed by atoms with Crippen LogP contribution in [0.25, 0.3) is 0 Å². The molecule has 0 unspecified atom stereocenters. The van der Waals surface area contributed by atoms with Crippen LogP contribution in [0.15, 0.2) is 24.7 Å². The Kier molecular flexibility index (Phi) is 28.7. The second-order valence-corrected chi connectivity index (χ2v) is 7.12. The highest BCUT2D eigenvalue weighted by atomic mass is 16.5. The van der Waals surface area contributed by atoms with Gasteiger partial charge in [0.15, 0.2) is 0 Å². The van der Waals surface area contributed by atoms with Gasteiger partial charge in [0.25, 0.3) is 0 Å². The molecular weight excluding hydrogens is 398 g/mol. The maximum atomic E-state index is 11.5. The van der Waals surface area contributed by atoms with E-state index in [-0.39, 0.29) is 26.1 Å². The Morgan fingerprint density at radius 3 is 1.48 bits per heavy atom. The van der Waals surface area contributed by atoms with Crippen LogP contribution < -0.4 is 5.32 Å². The molecule has 0 aliphatic rings. The highest BCUT2D eigenvalue weighted by molar-refractivity contribution is 5.78. The molecule has 7 nitrogen and oxygen atoms in total. The number of aliphatic hydroxyl groups excluding tert-OH is 2. The predicted octanol–water partition coefficient (Wildman–Crippen LogP) is 4.38. The average Bonchev–Trinajstić information content (AvgIpc) is 2.77. The fourth-order valence-electron chi connectivity index (χ4n) is 2.37. The van der Waals surface area contributed by atoms with E-state index in [9.17, 15) is 9.59 Å². The Morgan fingerprint density at radius 1 is 0.710 bits per heavy atom. The maximum absolute atomic E-state index is 11.5. The van der Waals surface area contributed by atoms with Crippen LogP contribution in [0.1, 0.15) is 90.9 Å². The van der Waals surface area contributed by atoms with Gasteiger partial charge in [0.05, 0.1) is 38.6 Å². The largest absolute Gasteiger partial charge is 0.435 e. The lowest BCUT2D eigenvalue weighted by atomic mass is 10.1. The molecule has 31 heavy (non-hydrogen) atoms. The van der Waals surface area contributed by atoms with Crippen molar-refractivity contribution in [3.8, 4) is 0 Å². The maximum Gasteiger partial charge on any atom is 0.311 e. The first-order valence-electron chi connectivity index (χ1n) is 11.7. The molecule has 7 heteroatoms. The number of ether oxygens (including phenoxy) is 2. The van der Waals surface area contributed by atoms with E-state index in [2.05, 4.69) is 19.2 Å². The summed E-state index contributed by atoms with van der Waals surface area (Å²) in [4.78, 5) is 22.9. The van der Waals surface area contributed by atoms with Crippen molar-refractivity contribution in [3.05, 3.63) is 24.7 Å². The van der Waals surface area contributed by atoms with Gasteiger partial charge in [-0.25, -0.2) is 0 Å². The number of carbonyl (C=O) groups excluding carboxylic acids is 2. The van der Waals surface area contributed by atoms with E-state index in [1.165, 1.54) is 51.0 Å². The number of hydrogen-bond acceptors (Lipinski definition) is 7. The van der Waals surface area contributed by atoms with Crippen molar-refractivity contribution in [1.29, 1.82) is 0 Å². The zero-order valence-electron chi connectivity index (χ0n) is 19.7. The zero-order valence-corrected chi connectivity index (χ0v) is 19.7. The van der Waals surface area contributed by atoms with Crippen LogP contribution in [-0.4, -0.2) is 48.5 Å². The van der Waals surface area contributed by atoms with Gasteiger partial charge in [-0.1, -0.05) is 52.4 Å². The predicted molar refractivity (Wildman–Crippen MR) is 124 cm³/mol. The number of unbranched alkanes of at least 4 members (excludes halogenated alkanes) is 8. The molecule has 0 aliphatic heterocycles. The van der Waals surface area contributed by atoms with Gasteiger partial charge in [-0.3, -0.25) is 9.59 Å². The smallest absolute Gasteiger partial charge is 0.311 e. The van der Waals surface area contributed by atoms with E-state index in [0.717, 1.165) is 25.7 Å². The van der Waals surface area contributed by atoms with Gasteiger partial charge >= 0.3 is 11.9 Å². The molecular formula is C24H45NO6. The summed E-state index contributed by atoms with van der Waals surface area (Å²) in [6.07, 6.45) is 18.0. The fourth-order valence-corrected chi connectivity index (χ4v) is 2.37. The number of aliphatic hydroxyl groups is 2. The summed E-state index contributed by atoms with van der Waals surface area (Å²) in [5.74, 6) is -0.805. The molecule has 182 valence electrons. The molecule has 0 saturated heterocycles. The van der Waals surface area contributed by atoms with E-state index in [1.54, 1.807) is 0 Å². The van der Waals surface area contributed by atoms with Gasteiger partial charge in [0.2, 0.25) is 0 Å². The van der Waals surface area contributed by atoms with Crippen molar-refractivity contribution >= 4 is 11.9 Å². The van der Waals surface area contributed by atoms with Crippen LogP contribution in [0.3, 0.4) is 0 Å². The topological polar surface area (TPSA) is 105 Å². The first-order chi connectivity index (χ1) is 15.1. The molecule has 0 rings (SSSR count). The molecule has 0 spiro atoms. The summed E-state index contributed by atoms with van der Waals surface area (Å²) in [6.45, 7) is 5.76. The first-order valence-corrected chi connectivity index (χ1v) is 11.7. The Morgan fingerprint density at radius 2 is 1.13 bits per heavy atom. The summed E-state index contributed by atoms with van der Waals surface area (Å²) in [6, 6.07) is 0. The SMILES string of the molecule is CCCCCCC=COC(=O)CCC(=O)OC=CCCCCCC.OCCNCCO. The van der Waals surface area contributed by atoms with Crippen LogP contribution in [0.4, 0.5) is 0 Å². The Balaban J connectivity index is 0. The van der Waals surface area contributed by atoms with Crippen molar-refractivity contribution < 1.29 is 29.3 Å². The summed E-state index contributed by atoms with van der Waals surface area (Å²) in [5.41, 5.74) is 0. The van der Waals surface area contributed by atoms with Crippen molar-refractivity contribution in [1.82, 2.24) is 5.32 Å². The van der Waals surface area contributed by atoms with Crippen LogP contribution in [0, 0.1) is 0 Å². The third kappa shape index (κ3) is 30.6. The molecule has 3 N–H and O–H groups in total. The normalized spacial score (nSPS) is 10.8. The van der Waals surface area contributed by atoms with Gasteiger partial charge in [-0.15, -0.1) is 0 Å². The van der Waals surface area contributed by atoms with E-state index >= 15 is 0 Å². The molecule has 0 aromatic carbocycles. The monoisotopic (exact) mass is 443 g/mol.